The second-order valence-corrected chi connectivity index (χ2v) is 3.64. The zero-order valence-corrected chi connectivity index (χ0v) is 9.20. The van der Waals surface area contributed by atoms with Gasteiger partial charge in [0.1, 0.15) is 11.9 Å². The van der Waals surface area contributed by atoms with Gasteiger partial charge in [-0.1, -0.05) is 24.6 Å². The van der Waals surface area contributed by atoms with E-state index in [-0.39, 0.29) is 12.5 Å². The molecule has 0 aliphatic heterocycles. The highest BCUT2D eigenvalue weighted by atomic mass is 35.5. The maximum absolute atomic E-state index is 10.5. The molecule has 1 unspecified atom stereocenters. The molecule has 0 saturated carbocycles. The lowest BCUT2D eigenvalue weighted by atomic mass is 10.2. The highest BCUT2D eigenvalue weighted by Crippen LogP contribution is 2.19. The SMILES string of the molecule is CCC(CC(=O)O)Oc1cccc(Cl)c1. The van der Waals surface area contributed by atoms with Crippen LogP contribution in [0.15, 0.2) is 24.3 Å². The molecule has 1 atom stereocenters. The second-order valence-electron chi connectivity index (χ2n) is 3.20. The van der Waals surface area contributed by atoms with Crippen LogP contribution in [0.3, 0.4) is 0 Å². The van der Waals surface area contributed by atoms with E-state index in [9.17, 15) is 4.79 Å². The molecule has 82 valence electrons. The lowest BCUT2D eigenvalue weighted by Gasteiger charge is -2.15. The fourth-order valence-electron chi connectivity index (χ4n) is 1.20. The van der Waals surface area contributed by atoms with Crippen LogP contribution in [0.1, 0.15) is 19.8 Å². The van der Waals surface area contributed by atoms with Gasteiger partial charge in [0.25, 0.3) is 0 Å². The Morgan fingerprint density at radius 1 is 1.60 bits per heavy atom. The van der Waals surface area contributed by atoms with Gasteiger partial charge in [0.05, 0.1) is 6.42 Å². The first-order chi connectivity index (χ1) is 7.11. The number of hydrogen-bond acceptors (Lipinski definition) is 2. The summed E-state index contributed by atoms with van der Waals surface area (Å²) in [6.07, 6.45) is 0.350. The van der Waals surface area contributed by atoms with Crippen LogP contribution in [-0.2, 0) is 4.79 Å². The van der Waals surface area contributed by atoms with Crippen LogP contribution in [0.4, 0.5) is 0 Å². The molecule has 1 aromatic carbocycles. The molecule has 3 nitrogen and oxygen atoms in total. The van der Waals surface area contributed by atoms with Crippen LogP contribution < -0.4 is 4.74 Å². The molecule has 0 aliphatic rings. The van der Waals surface area contributed by atoms with Gasteiger partial charge in [-0.05, 0) is 24.6 Å². The number of hydrogen-bond donors (Lipinski definition) is 1. The molecule has 1 N–H and O–H groups in total. The number of ether oxygens (including phenoxy) is 1. The number of rotatable bonds is 5. The van der Waals surface area contributed by atoms with Crippen molar-refractivity contribution in [2.24, 2.45) is 0 Å². The molecule has 0 amide bonds. The Balaban J connectivity index is 2.62. The van der Waals surface area contributed by atoms with Crippen molar-refractivity contribution in [1.82, 2.24) is 0 Å². The Bertz CT molecular complexity index is 338. The van der Waals surface area contributed by atoms with E-state index < -0.39 is 5.97 Å². The van der Waals surface area contributed by atoms with E-state index in [1.165, 1.54) is 0 Å². The van der Waals surface area contributed by atoms with Gasteiger partial charge in [-0.25, -0.2) is 0 Å². The van der Waals surface area contributed by atoms with Crippen molar-refractivity contribution in [1.29, 1.82) is 0 Å². The highest BCUT2D eigenvalue weighted by Gasteiger charge is 2.12. The summed E-state index contributed by atoms with van der Waals surface area (Å²) in [6, 6.07) is 6.94. The maximum atomic E-state index is 10.5. The average Bonchev–Trinajstić information content (AvgIpc) is 2.16. The molecule has 0 aromatic heterocycles. The Kier molecular flexibility index (Phi) is 4.43. The molecule has 1 rings (SSSR count). The maximum Gasteiger partial charge on any atom is 0.307 e. The van der Waals surface area contributed by atoms with Crippen molar-refractivity contribution in [2.45, 2.75) is 25.9 Å². The summed E-state index contributed by atoms with van der Waals surface area (Å²) in [4.78, 5) is 10.5. The normalized spacial score (nSPS) is 12.1. The zero-order chi connectivity index (χ0) is 11.3. The van der Waals surface area contributed by atoms with Gasteiger partial charge in [0, 0.05) is 5.02 Å². The summed E-state index contributed by atoms with van der Waals surface area (Å²) in [5.41, 5.74) is 0. The van der Waals surface area contributed by atoms with Gasteiger partial charge >= 0.3 is 5.97 Å². The molecular formula is C11H13ClO3. The van der Waals surface area contributed by atoms with E-state index in [4.69, 9.17) is 21.4 Å². The van der Waals surface area contributed by atoms with Crippen LogP contribution in [-0.4, -0.2) is 17.2 Å². The van der Waals surface area contributed by atoms with E-state index in [2.05, 4.69) is 0 Å². The van der Waals surface area contributed by atoms with E-state index in [0.717, 1.165) is 0 Å². The van der Waals surface area contributed by atoms with Gasteiger partial charge in [0.2, 0.25) is 0 Å². The van der Waals surface area contributed by atoms with Crippen LogP contribution in [0.25, 0.3) is 0 Å². The minimum Gasteiger partial charge on any atom is -0.490 e. The van der Waals surface area contributed by atoms with E-state index in [1.54, 1.807) is 24.3 Å². The quantitative estimate of drug-likeness (QED) is 0.843. The predicted molar refractivity (Wildman–Crippen MR) is 58.4 cm³/mol. The van der Waals surface area contributed by atoms with Crippen LogP contribution in [0, 0.1) is 0 Å². The van der Waals surface area contributed by atoms with Crippen LogP contribution in [0.5, 0.6) is 5.75 Å². The third kappa shape index (κ3) is 4.21. The molecule has 0 heterocycles. The molecule has 0 fully saturated rings. The Hall–Kier alpha value is -1.22. The summed E-state index contributed by atoms with van der Waals surface area (Å²) in [5.74, 6) is -0.250. The Labute approximate surface area is 93.6 Å². The number of benzene rings is 1. The summed E-state index contributed by atoms with van der Waals surface area (Å²) in [5, 5.41) is 9.22. The average molecular weight is 229 g/mol. The van der Waals surface area contributed by atoms with Gasteiger partial charge in [-0.3, -0.25) is 4.79 Å². The van der Waals surface area contributed by atoms with Gasteiger partial charge < -0.3 is 9.84 Å². The largest absolute Gasteiger partial charge is 0.490 e. The van der Waals surface area contributed by atoms with E-state index in [0.29, 0.717) is 17.2 Å². The second kappa shape index (κ2) is 5.61. The van der Waals surface area contributed by atoms with Gasteiger partial charge in [-0.2, -0.15) is 0 Å². The summed E-state index contributed by atoms with van der Waals surface area (Å²) in [6.45, 7) is 1.89. The molecule has 0 saturated heterocycles. The monoisotopic (exact) mass is 228 g/mol. The first kappa shape index (κ1) is 11.9. The Morgan fingerprint density at radius 2 is 2.33 bits per heavy atom. The lowest BCUT2D eigenvalue weighted by Crippen LogP contribution is -2.19. The van der Waals surface area contributed by atoms with Crippen molar-refractivity contribution >= 4 is 17.6 Å². The molecule has 0 bridgehead atoms. The molecule has 0 radical (unpaired) electrons. The predicted octanol–water partition coefficient (Wildman–Crippen LogP) is 2.97. The topological polar surface area (TPSA) is 46.5 Å². The molecule has 1 aromatic rings. The fraction of sp³-hybridized carbons (Fsp3) is 0.364. The number of carbonyl (C=O) groups is 1. The number of carboxylic acid groups (broad SMARTS) is 1. The summed E-state index contributed by atoms with van der Waals surface area (Å²) < 4.78 is 5.49. The number of carboxylic acids is 1. The minimum absolute atomic E-state index is 0.00299. The number of halogens is 1. The fourth-order valence-corrected chi connectivity index (χ4v) is 1.38. The van der Waals surface area contributed by atoms with Crippen molar-refractivity contribution in [3.05, 3.63) is 29.3 Å². The smallest absolute Gasteiger partial charge is 0.307 e. The summed E-state index contributed by atoms with van der Waals surface area (Å²) >= 11 is 5.78. The van der Waals surface area contributed by atoms with E-state index in [1.807, 2.05) is 6.92 Å². The summed E-state index contributed by atoms with van der Waals surface area (Å²) in [7, 11) is 0. The molecule has 0 aliphatic carbocycles. The van der Waals surface area contributed by atoms with Crippen LogP contribution >= 0.6 is 11.6 Å². The van der Waals surface area contributed by atoms with E-state index >= 15 is 0 Å². The van der Waals surface area contributed by atoms with Crippen molar-refractivity contribution in [3.8, 4) is 5.75 Å². The highest BCUT2D eigenvalue weighted by molar-refractivity contribution is 6.30. The molecular weight excluding hydrogens is 216 g/mol. The van der Waals surface area contributed by atoms with Crippen molar-refractivity contribution in [3.63, 3.8) is 0 Å². The standard InChI is InChI=1S/C11H13ClO3/c1-2-9(7-11(13)14)15-10-5-3-4-8(12)6-10/h3-6,9H,2,7H2,1H3,(H,13,14). The number of aliphatic carboxylic acids is 1. The third-order valence-corrected chi connectivity index (χ3v) is 2.19. The van der Waals surface area contributed by atoms with Crippen molar-refractivity contribution in [2.75, 3.05) is 0 Å². The molecule has 4 heteroatoms. The van der Waals surface area contributed by atoms with Crippen molar-refractivity contribution < 1.29 is 14.6 Å². The Morgan fingerprint density at radius 3 is 2.87 bits per heavy atom. The third-order valence-electron chi connectivity index (χ3n) is 1.96. The van der Waals surface area contributed by atoms with Gasteiger partial charge in [0.15, 0.2) is 0 Å². The first-order valence-electron chi connectivity index (χ1n) is 4.76. The molecule has 15 heavy (non-hydrogen) atoms. The minimum atomic E-state index is -0.858. The first-order valence-corrected chi connectivity index (χ1v) is 5.13. The molecule has 0 spiro atoms. The lowest BCUT2D eigenvalue weighted by molar-refractivity contribution is -0.138. The van der Waals surface area contributed by atoms with Gasteiger partial charge in [-0.15, -0.1) is 0 Å². The van der Waals surface area contributed by atoms with Crippen LogP contribution in [0.2, 0.25) is 5.02 Å². The zero-order valence-electron chi connectivity index (χ0n) is 8.44.